The van der Waals surface area contributed by atoms with Crippen molar-refractivity contribution >= 4 is 44.2 Å². The minimum absolute atomic E-state index is 0.112. The van der Waals surface area contributed by atoms with Crippen LogP contribution in [0.15, 0.2) is 30.3 Å². The Hall–Kier alpha value is -0.630. The molecule has 1 aromatic carbocycles. The summed E-state index contributed by atoms with van der Waals surface area (Å²) in [5.41, 5.74) is 0.118. The number of rotatable bonds is 3. The number of halogens is 2. The van der Waals surface area contributed by atoms with Gasteiger partial charge in [0.25, 0.3) is 0 Å². The van der Waals surface area contributed by atoms with Crippen LogP contribution >= 0.6 is 27.9 Å². The number of carbonyl (C=O) groups is 1. The van der Waals surface area contributed by atoms with E-state index in [-0.39, 0.29) is 8.41 Å². The summed E-state index contributed by atoms with van der Waals surface area (Å²) in [4.78, 5) is 11.3. The van der Waals surface area contributed by atoms with E-state index < -0.39 is 16.3 Å². The Morgan fingerprint density at radius 3 is 2.33 bits per heavy atom. The van der Waals surface area contributed by atoms with E-state index in [9.17, 15) is 13.2 Å². The normalized spacial score (nSPS) is 11.4. The average molecular weight is 315 g/mol. The summed E-state index contributed by atoms with van der Waals surface area (Å²) >= 11 is 7.52. The fourth-order valence-electron chi connectivity index (χ4n) is 0.746. The van der Waals surface area contributed by atoms with Gasteiger partial charge in [0.05, 0.1) is 21.7 Å². The quantitative estimate of drug-likeness (QED) is 0.799. The van der Waals surface area contributed by atoms with Crippen molar-refractivity contribution in [1.29, 1.82) is 0 Å². The highest BCUT2D eigenvalue weighted by Gasteiger charge is 2.24. The maximum atomic E-state index is 11.3. The van der Waals surface area contributed by atoms with Crippen LogP contribution in [0.3, 0.4) is 0 Å². The lowest BCUT2D eigenvalue weighted by molar-refractivity contribution is 0.0742. The number of hydrogen-bond acceptors (Lipinski definition) is 4. The van der Waals surface area contributed by atoms with Crippen molar-refractivity contribution in [2.75, 3.05) is 0 Å². The van der Waals surface area contributed by atoms with E-state index in [4.69, 9.17) is 11.8 Å². The van der Waals surface area contributed by atoms with Gasteiger partial charge in [0.15, 0.2) is 0 Å². The van der Waals surface area contributed by atoms with Gasteiger partial charge in [0.2, 0.25) is 0 Å². The molecule has 0 saturated carbocycles. The van der Waals surface area contributed by atoms with Gasteiger partial charge in [-0.25, -0.2) is 4.79 Å². The lowest BCUT2D eigenvalue weighted by atomic mass is 10.2. The first-order valence-electron chi connectivity index (χ1n) is 3.59. The van der Waals surface area contributed by atoms with Gasteiger partial charge in [-0.05, 0) is 15.0 Å². The van der Waals surface area contributed by atoms with Crippen LogP contribution in [0.4, 0.5) is 0 Å². The van der Waals surface area contributed by atoms with Crippen LogP contribution in [-0.4, -0.2) is 17.2 Å². The second-order valence-corrected chi connectivity index (χ2v) is 5.88. The highest BCUT2D eigenvalue weighted by Crippen LogP contribution is 2.14. The van der Waals surface area contributed by atoms with Crippen molar-refractivity contribution < 1.29 is 17.4 Å². The Morgan fingerprint density at radius 1 is 1.33 bits per heavy atom. The molecule has 0 spiro atoms. The molecule has 82 valence electrons. The fourth-order valence-corrected chi connectivity index (χ4v) is 1.35. The van der Waals surface area contributed by atoms with Crippen LogP contribution in [0.25, 0.3) is 0 Å². The summed E-state index contributed by atoms with van der Waals surface area (Å²) in [5.74, 6) is -0.999. The predicted octanol–water partition coefficient (Wildman–Crippen LogP) is 1.85. The molecule has 0 fully saturated rings. The predicted molar refractivity (Wildman–Crippen MR) is 57.4 cm³/mol. The molecule has 15 heavy (non-hydrogen) atoms. The standard InChI is InChI=1S/C7H5BrClNO4S/c8-10(9)15(12,13)14-7(11)6-4-2-1-3-5-6/h1-5H. The Kier molecular flexibility index (Phi) is 4.09. The smallest absolute Gasteiger partial charge is 0.328 e. The lowest BCUT2D eigenvalue weighted by Gasteiger charge is -2.06. The van der Waals surface area contributed by atoms with E-state index in [1.807, 2.05) is 0 Å². The van der Waals surface area contributed by atoms with Gasteiger partial charge in [-0.1, -0.05) is 18.2 Å². The van der Waals surface area contributed by atoms with Gasteiger partial charge in [-0.2, -0.15) is 8.42 Å². The zero-order valence-electron chi connectivity index (χ0n) is 7.13. The molecule has 0 radical (unpaired) electrons. The minimum Gasteiger partial charge on any atom is -0.328 e. The summed E-state index contributed by atoms with van der Waals surface area (Å²) in [6, 6.07) is 7.69. The third-order valence-corrected chi connectivity index (χ3v) is 3.63. The largest absolute Gasteiger partial charge is 0.411 e. The molecule has 8 heteroatoms. The molecule has 0 aliphatic rings. The topological polar surface area (TPSA) is 63.7 Å². The van der Waals surface area contributed by atoms with Crippen molar-refractivity contribution in [2.24, 2.45) is 0 Å². The first kappa shape index (κ1) is 12.4. The molecule has 0 aliphatic heterocycles. The Balaban J connectivity index is 2.82. The SMILES string of the molecule is O=C(OS(=O)(=O)N(Cl)Br)c1ccccc1. The Bertz CT molecular complexity index is 447. The second-order valence-electron chi connectivity index (χ2n) is 2.37. The molecular weight excluding hydrogens is 310 g/mol. The number of nitrogens with zero attached hydrogens (tertiary/aromatic N) is 1. The lowest BCUT2D eigenvalue weighted by Crippen LogP contribution is -2.19. The highest BCUT2D eigenvalue weighted by molar-refractivity contribution is 9.09. The molecule has 0 saturated heterocycles. The van der Waals surface area contributed by atoms with Gasteiger partial charge < -0.3 is 4.18 Å². The van der Waals surface area contributed by atoms with Crippen LogP contribution in [0, 0.1) is 0 Å². The van der Waals surface area contributed by atoms with Gasteiger partial charge in [0.1, 0.15) is 0 Å². The molecule has 1 rings (SSSR count). The van der Waals surface area contributed by atoms with Crippen LogP contribution in [-0.2, 0) is 14.5 Å². The maximum absolute atomic E-state index is 11.3. The molecule has 0 atom stereocenters. The number of hydrogen-bond donors (Lipinski definition) is 0. The van der Waals surface area contributed by atoms with E-state index in [0.717, 1.165) is 0 Å². The van der Waals surface area contributed by atoms with E-state index in [1.54, 1.807) is 18.2 Å². The summed E-state index contributed by atoms with van der Waals surface area (Å²) in [7, 11) is -4.28. The number of carbonyl (C=O) groups excluding carboxylic acids is 1. The third-order valence-electron chi connectivity index (χ3n) is 1.36. The summed E-state index contributed by atoms with van der Waals surface area (Å²) in [6.07, 6.45) is 0. The van der Waals surface area contributed by atoms with Crippen LogP contribution in [0.1, 0.15) is 10.4 Å². The average Bonchev–Trinajstić information content (AvgIpc) is 2.18. The Morgan fingerprint density at radius 2 is 1.87 bits per heavy atom. The number of benzene rings is 1. The van der Waals surface area contributed by atoms with Crippen molar-refractivity contribution in [2.45, 2.75) is 0 Å². The zero-order chi connectivity index (χ0) is 11.5. The van der Waals surface area contributed by atoms with Crippen LogP contribution in [0.5, 0.6) is 0 Å². The van der Waals surface area contributed by atoms with E-state index >= 15 is 0 Å². The van der Waals surface area contributed by atoms with Crippen molar-refractivity contribution in [3.8, 4) is 0 Å². The molecule has 1 aromatic rings. The maximum Gasteiger partial charge on any atom is 0.411 e. The van der Waals surface area contributed by atoms with Gasteiger partial charge in [-0.15, -0.1) is 0 Å². The van der Waals surface area contributed by atoms with Gasteiger partial charge in [-0.3, -0.25) is 0 Å². The second kappa shape index (κ2) is 4.93. The molecule has 0 heterocycles. The van der Waals surface area contributed by atoms with E-state index in [0.29, 0.717) is 0 Å². The molecule has 0 bridgehead atoms. The zero-order valence-corrected chi connectivity index (χ0v) is 10.3. The van der Waals surface area contributed by atoms with Gasteiger partial charge in [0, 0.05) is 11.8 Å². The van der Waals surface area contributed by atoms with Crippen LogP contribution < -0.4 is 0 Å². The molecule has 0 aromatic heterocycles. The monoisotopic (exact) mass is 313 g/mol. The molecule has 0 N–H and O–H groups in total. The van der Waals surface area contributed by atoms with E-state index in [1.165, 1.54) is 12.1 Å². The summed E-state index contributed by atoms with van der Waals surface area (Å²) in [5, 5.41) is 0. The highest BCUT2D eigenvalue weighted by atomic mass is 79.9. The van der Waals surface area contributed by atoms with Crippen molar-refractivity contribution in [1.82, 2.24) is 2.85 Å². The summed E-state index contributed by atoms with van der Waals surface area (Å²) in [6.45, 7) is 0. The molecule has 0 unspecified atom stereocenters. The summed E-state index contributed by atoms with van der Waals surface area (Å²) < 4.78 is 26.3. The molecule has 0 amide bonds. The minimum atomic E-state index is -4.28. The van der Waals surface area contributed by atoms with Crippen molar-refractivity contribution in [3.05, 3.63) is 35.9 Å². The molecular formula is C7H5BrClNO4S. The first-order valence-corrected chi connectivity index (χ1v) is 6.00. The van der Waals surface area contributed by atoms with Crippen molar-refractivity contribution in [3.63, 3.8) is 0 Å². The van der Waals surface area contributed by atoms with Gasteiger partial charge >= 0.3 is 16.3 Å². The molecule has 5 nitrogen and oxygen atoms in total. The molecule has 0 aliphatic carbocycles. The third kappa shape index (κ3) is 3.45. The fraction of sp³-hybridized carbons (Fsp3) is 0. The van der Waals surface area contributed by atoms with E-state index in [2.05, 4.69) is 20.3 Å². The first-order chi connectivity index (χ1) is 6.93. The van der Waals surface area contributed by atoms with Crippen LogP contribution in [0.2, 0.25) is 0 Å². The Labute approximate surface area is 100 Å².